The fourth-order valence-electron chi connectivity index (χ4n) is 2.79. The lowest BCUT2D eigenvalue weighted by molar-refractivity contribution is -0.184. The zero-order chi connectivity index (χ0) is 18.9. The van der Waals surface area contributed by atoms with Crippen molar-refractivity contribution in [3.8, 4) is 0 Å². The molecular formula is C22H26O4. The molecule has 0 saturated heterocycles. The average molecular weight is 354 g/mol. The van der Waals surface area contributed by atoms with Gasteiger partial charge < -0.3 is 9.47 Å². The first-order valence-electron chi connectivity index (χ1n) is 8.94. The summed E-state index contributed by atoms with van der Waals surface area (Å²) < 4.78 is 10.4. The summed E-state index contributed by atoms with van der Waals surface area (Å²) in [6, 6.07) is 19.5. The maximum absolute atomic E-state index is 12.0. The molecule has 0 spiro atoms. The van der Waals surface area contributed by atoms with Crippen molar-refractivity contribution in [1.82, 2.24) is 0 Å². The van der Waals surface area contributed by atoms with Gasteiger partial charge in [-0.1, -0.05) is 74.5 Å². The van der Waals surface area contributed by atoms with Crippen molar-refractivity contribution in [3.05, 3.63) is 71.8 Å². The average Bonchev–Trinajstić information content (AvgIpc) is 2.62. The van der Waals surface area contributed by atoms with E-state index in [1.54, 1.807) is 6.92 Å². The molecule has 0 N–H and O–H groups in total. The Bertz CT molecular complexity index is 635. The molecule has 2 unspecified atom stereocenters. The minimum Gasteiger partial charge on any atom is -0.425 e. The highest BCUT2D eigenvalue weighted by Crippen LogP contribution is 2.21. The summed E-state index contributed by atoms with van der Waals surface area (Å²) in [7, 11) is 0. The maximum Gasteiger partial charge on any atom is 0.309 e. The second-order valence-electron chi connectivity index (χ2n) is 6.58. The van der Waals surface area contributed by atoms with E-state index < -0.39 is 6.29 Å². The molecule has 0 amide bonds. The second kappa shape index (κ2) is 9.76. The molecule has 0 radical (unpaired) electrons. The topological polar surface area (TPSA) is 52.6 Å². The Kier molecular flexibility index (Phi) is 7.39. The van der Waals surface area contributed by atoms with E-state index in [9.17, 15) is 9.59 Å². The van der Waals surface area contributed by atoms with E-state index in [4.69, 9.17) is 9.47 Å². The Labute approximate surface area is 155 Å². The highest BCUT2D eigenvalue weighted by Gasteiger charge is 2.19. The molecular weight excluding hydrogens is 328 g/mol. The highest BCUT2D eigenvalue weighted by atomic mass is 16.7. The van der Waals surface area contributed by atoms with Gasteiger partial charge >= 0.3 is 11.9 Å². The molecule has 2 atom stereocenters. The number of hydrogen-bond donors (Lipinski definition) is 0. The lowest BCUT2D eigenvalue weighted by atomic mass is 9.98. The number of rotatable bonds is 8. The van der Waals surface area contributed by atoms with Crippen LogP contribution in [0.3, 0.4) is 0 Å². The lowest BCUT2D eigenvalue weighted by Crippen LogP contribution is -2.23. The van der Waals surface area contributed by atoms with Crippen LogP contribution < -0.4 is 0 Å². The number of carbonyl (C=O) groups excluding carboxylic acids is 2. The van der Waals surface area contributed by atoms with Gasteiger partial charge in [-0.05, 0) is 23.0 Å². The van der Waals surface area contributed by atoms with Crippen LogP contribution in [0.25, 0.3) is 0 Å². The van der Waals surface area contributed by atoms with Gasteiger partial charge in [0.2, 0.25) is 6.29 Å². The Morgan fingerprint density at radius 2 is 1.04 bits per heavy atom. The monoisotopic (exact) mass is 354 g/mol. The van der Waals surface area contributed by atoms with E-state index in [1.165, 1.54) is 0 Å². The summed E-state index contributed by atoms with van der Waals surface area (Å²) in [5, 5.41) is 0. The van der Waals surface area contributed by atoms with Crippen LogP contribution in [0.15, 0.2) is 60.7 Å². The molecule has 2 aromatic rings. The minimum absolute atomic E-state index is 0.0460. The van der Waals surface area contributed by atoms with Gasteiger partial charge in [0.1, 0.15) is 0 Å². The molecule has 0 aliphatic heterocycles. The molecule has 0 bridgehead atoms. The van der Waals surface area contributed by atoms with Crippen molar-refractivity contribution < 1.29 is 19.1 Å². The standard InChI is InChI=1S/C22H26O4/c1-16(19-10-6-4-7-11-19)14-21(23)25-18(3)26-22(24)15-17(2)20-12-8-5-9-13-20/h4-13,16-18H,14-15H2,1-3H3. The smallest absolute Gasteiger partial charge is 0.309 e. The third kappa shape index (κ3) is 6.36. The van der Waals surface area contributed by atoms with Gasteiger partial charge in [0.05, 0.1) is 12.8 Å². The Balaban J connectivity index is 1.75. The summed E-state index contributed by atoms with van der Waals surface area (Å²) in [4.78, 5) is 24.1. The van der Waals surface area contributed by atoms with Crippen LogP contribution in [-0.4, -0.2) is 18.2 Å². The van der Waals surface area contributed by atoms with Crippen molar-refractivity contribution in [2.75, 3.05) is 0 Å². The van der Waals surface area contributed by atoms with Crippen LogP contribution in [-0.2, 0) is 19.1 Å². The van der Waals surface area contributed by atoms with Crippen molar-refractivity contribution in [2.45, 2.75) is 51.7 Å². The van der Waals surface area contributed by atoms with Gasteiger partial charge in [0.25, 0.3) is 0 Å². The molecule has 138 valence electrons. The number of benzene rings is 2. The summed E-state index contributed by atoms with van der Waals surface area (Å²) >= 11 is 0. The van der Waals surface area contributed by atoms with Crippen molar-refractivity contribution >= 4 is 11.9 Å². The molecule has 0 aliphatic rings. The van der Waals surface area contributed by atoms with E-state index >= 15 is 0 Å². The van der Waals surface area contributed by atoms with Gasteiger partial charge in [-0.3, -0.25) is 9.59 Å². The highest BCUT2D eigenvalue weighted by molar-refractivity contribution is 5.72. The zero-order valence-electron chi connectivity index (χ0n) is 15.6. The quantitative estimate of drug-likeness (QED) is 0.504. The summed E-state index contributed by atoms with van der Waals surface area (Å²) in [5.74, 6) is -0.662. The van der Waals surface area contributed by atoms with Gasteiger partial charge in [0, 0.05) is 6.92 Å². The van der Waals surface area contributed by atoms with Gasteiger partial charge in [-0.2, -0.15) is 0 Å². The predicted molar refractivity (Wildman–Crippen MR) is 101 cm³/mol. The molecule has 4 heteroatoms. The molecule has 2 aromatic carbocycles. The third-order valence-electron chi connectivity index (χ3n) is 4.28. The largest absolute Gasteiger partial charge is 0.425 e. The van der Waals surface area contributed by atoms with E-state index in [-0.39, 0.29) is 36.6 Å². The summed E-state index contributed by atoms with van der Waals surface area (Å²) in [6.07, 6.45) is -0.403. The van der Waals surface area contributed by atoms with Gasteiger partial charge in [-0.25, -0.2) is 0 Å². The van der Waals surface area contributed by atoms with Crippen molar-refractivity contribution in [3.63, 3.8) is 0 Å². The zero-order valence-corrected chi connectivity index (χ0v) is 15.6. The molecule has 0 saturated carbocycles. The predicted octanol–water partition coefficient (Wildman–Crippen LogP) is 4.81. The molecule has 0 heterocycles. The lowest BCUT2D eigenvalue weighted by Gasteiger charge is -2.17. The summed E-state index contributed by atoms with van der Waals surface area (Å²) in [6.45, 7) is 5.50. The van der Waals surface area contributed by atoms with Crippen LogP contribution in [0, 0.1) is 0 Å². The molecule has 0 aliphatic carbocycles. The molecule has 0 fully saturated rings. The molecule has 4 nitrogen and oxygen atoms in total. The van der Waals surface area contributed by atoms with E-state index in [0.717, 1.165) is 11.1 Å². The Morgan fingerprint density at radius 1 is 0.692 bits per heavy atom. The number of ether oxygens (including phenoxy) is 2. The van der Waals surface area contributed by atoms with Crippen LogP contribution in [0.1, 0.15) is 56.6 Å². The van der Waals surface area contributed by atoms with Crippen LogP contribution >= 0.6 is 0 Å². The van der Waals surface area contributed by atoms with E-state index in [2.05, 4.69) is 0 Å². The van der Waals surface area contributed by atoms with E-state index in [1.807, 2.05) is 74.5 Å². The number of hydrogen-bond acceptors (Lipinski definition) is 4. The number of carbonyl (C=O) groups is 2. The molecule has 0 aromatic heterocycles. The van der Waals surface area contributed by atoms with Crippen LogP contribution in [0.5, 0.6) is 0 Å². The van der Waals surface area contributed by atoms with Gasteiger partial charge in [0.15, 0.2) is 0 Å². The normalized spacial score (nSPS) is 14.1. The van der Waals surface area contributed by atoms with Crippen LogP contribution in [0.2, 0.25) is 0 Å². The fraction of sp³-hybridized carbons (Fsp3) is 0.364. The minimum atomic E-state index is -0.888. The van der Waals surface area contributed by atoms with Crippen molar-refractivity contribution in [1.29, 1.82) is 0 Å². The van der Waals surface area contributed by atoms with E-state index in [0.29, 0.717) is 0 Å². The van der Waals surface area contributed by atoms with Crippen molar-refractivity contribution in [2.24, 2.45) is 0 Å². The maximum atomic E-state index is 12.0. The van der Waals surface area contributed by atoms with Gasteiger partial charge in [-0.15, -0.1) is 0 Å². The SMILES string of the molecule is CC(OC(=O)CC(C)c1ccccc1)OC(=O)CC(C)c1ccccc1. The first-order chi connectivity index (χ1) is 12.5. The fourth-order valence-corrected chi connectivity index (χ4v) is 2.79. The molecule has 2 rings (SSSR count). The second-order valence-corrected chi connectivity index (χ2v) is 6.58. The number of esters is 2. The first kappa shape index (κ1) is 19.7. The van der Waals surface area contributed by atoms with Crippen LogP contribution in [0.4, 0.5) is 0 Å². The Morgan fingerprint density at radius 3 is 1.38 bits per heavy atom. The Hall–Kier alpha value is -2.62. The summed E-state index contributed by atoms with van der Waals surface area (Å²) in [5.41, 5.74) is 2.15. The first-order valence-corrected chi connectivity index (χ1v) is 8.94. The molecule has 26 heavy (non-hydrogen) atoms. The third-order valence-corrected chi connectivity index (χ3v) is 4.28.